The minimum atomic E-state index is -0.582. The molecule has 0 radical (unpaired) electrons. The highest BCUT2D eigenvalue weighted by molar-refractivity contribution is 5.95. The fourth-order valence-corrected chi connectivity index (χ4v) is 2.77. The summed E-state index contributed by atoms with van der Waals surface area (Å²) in [5, 5.41) is 3.01. The van der Waals surface area contributed by atoms with Crippen molar-refractivity contribution in [2.24, 2.45) is 0 Å². The Morgan fingerprint density at radius 3 is 2.21 bits per heavy atom. The van der Waals surface area contributed by atoms with E-state index in [1.165, 1.54) is 5.56 Å². The van der Waals surface area contributed by atoms with E-state index < -0.39 is 6.10 Å². The van der Waals surface area contributed by atoms with E-state index in [-0.39, 0.29) is 5.91 Å². The van der Waals surface area contributed by atoms with Gasteiger partial charge in [-0.2, -0.15) is 0 Å². The van der Waals surface area contributed by atoms with Gasteiger partial charge in [-0.3, -0.25) is 4.79 Å². The molecule has 4 nitrogen and oxygen atoms in total. The van der Waals surface area contributed by atoms with Crippen molar-refractivity contribution in [3.63, 3.8) is 0 Å². The number of rotatable bonds is 6. The van der Waals surface area contributed by atoms with Crippen LogP contribution in [0.25, 0.3) is 0 Å². The highest BCUT2D eigenvalue weighted by Gasteiger charge is 2.21. The number of hydrogen-bond acceptors (Lipinski definition) is 3. The van der Waals surface area contributed by atoms with E-state index in [1.807, 2.05) is 45.9 Å². The van der Waals surface area contributed by atoms with Crippen LogP contribution in [-0.4, -0.2) is 19.1 Å². The van der Waals surface area contributed by atoms with Crippen LogP contribution < -0.4 is 14.8 Å². The number of ether oxygens (including phenoxy) is 2. The summed E-state index contributed by atoms with van der Waals surface area (Å²) < 4.78 is 11.2. The second-order valence-corrected chi connectivity index (χ2v) is 5.93. The van der Waals surface area contributed by atoms with Crippen molar-refractivity contribution < 1.29 is 14.3 Å². The van der Waals surface area contributed by atoms with Crippen LogP contribution in [-0.2, 0) is 4.79 Å². The number of methoxy groups -OCH3 is 1. The van der Waals surface area contributed by atoms with Gasteiger partial charge in [0, 0.05) is 5.69 Å². The Bertz CT molecular complexity index is 702. The van der Waals surface area contributed by atoms with E-state index in [9.17, 15) is 4.79 Å². The fourth-order valence-electron chi connectivity index (χ4n) is 2.77. The smallest absolute Gasteiger partial charge is 0.265 e. The van der Waals surface area contributed by atoms with E-state index in [2.05, 4.69) is 17.4 Å². The van der Waals surface area contributed by atoms with Crippen molar-refractivity contribution >= 4 is 11.6 Å². The average Bonchev–Trinajstić information content (AvgIpc) is 2.56. The molecular formula is C20H25NO3. The molecule has 1 amide bonds. The maximum atomic E-state index is 12.7. The van der Waals surface area contributed by atoms with Crippen LogP contribution >= 0.6 is 0 Å². The largest absolute Gasteiger partial charge is 0.493 e. The standard InChI is InChI=1S/C20H25NO3/c1-6-16(24-18-10-8-7-9-17(18)23-5)20(22)21-19-14(3)11-13(2)12-15(19)4/h7-12,16H,6H2,1-5H3,(H,21,22)/t16-/m0/s1. The van der Waals surface area contributed by atoms with Crippen molar-refractivity contribution in [2.75, 3.05) is 12.4 Å². The van der Waals surface area contributed by atoms with Crippen LogP contribution in [0.1, 0.15) is 30.0 Å². The predicted octanol–water partition coefficient (Wildman–Crippen LogP) is 4.42. The summed E-state index contributed by atoms with van der Waals surface area (Å²) in [4.78, 5) is 12.7. The minimum absolute atomic E-state index is 0.154. The predicted molar refractivity (Wildman–Crippen MR) is 97.0 cm³/mol. The monoisotopic (exact) mass is 327 g/mol. The molecule has 0 unspecified atom stereocenters. The van der Waals surface area contributed by atoms with Crippen LogP contribution in [0.15, 0.2) is 36.4 Å². The molecule has 0 bridgehead atoms. The molecule has 0 aliphatic carbocycles. The van der Waals surface area contributed by atoms with Crippen LogP contribution in [0.4, 0.5) is 5.69 Å². The van der Waals surface area contributed by atoms with Gasteiger partial charge in [-0.15, -0.1) is 0 Å². The molecule has 0 aromatic heterocycles. The zero-order chi connectivity index (χ0) is 17.7. The average molecular weight is 327 g/mol. The van der Waals surface area contributed by atoms with Gasteiger partial charge >= 0.3 is 0 Å². The van der Waals surface area contributed by atoms with Crippen molar-refractivity contribution in [2.45, 2.75) is 40.2 Å². The van der Waals surface area contributed by atoms with Crippen molar-refractivity contribution in [3.8, 4) is 11.5 Å². The van der Waals surface area contributed by atoms with Crippen molar-refractivity contribution in [1.29, 1.82) is 0 Å². The van der Waals surface area contributed by atoms with Gasteiger partial charge in [0.2, 0.25) is 0 Å². The van der Waals surface area contributed by atoms with Crippen LogP contribution in [0.5, 0.6) is 11.5 Å². The SMILES string of the molecule is CC[C@H](Oc1ccccc1OC)C(=O)Nc1c(C)cc(C)cc1C. The first-order chi connectivity index (χ1) is 11.5. The molecule has 0 aliphatic rings. The molecule has 0 fully saturated rings. The number of hydrogen-bond donors (Lipinski definition) is 1. The topological polar surface area (TPSA) is 47.6 Å². The summed E-state index contributed by atoms with van der Waals surface area (Å²) in [5.74, 6) is 1.03. The van der Waals surface area contributed by atoms with Gasteiger partial charge in [0.15, 0.2) is 17.6 Å². The number of nitrogens with one attached hydrogen (secondary N) is 1. The Hall–Kier alpha value is -2.49. The summed E-state index contributed by atoms with van der Waals surface area (Å²) in [5.41, 5.74) is 4.13. The van der Waals surface area contributed by atoms with Crippen molar-refractivity contribution in [3.05, 3.63) is 53.1 Å². The molecule has 24 heavy (non-hydrogen) atoms. The number of carbonyl (C=O) groups excluding carboxylic acids is 1. The lowest BCUT2D eigenvalue weighted by Gasteiger charge is -2.20. The van der Waals surface area contributed by atoms with Gasteiger partial charge in [0.05, 0.1) is 7.11 Å². The second kappa shape index (κ2) is 7.86. The third-order valence-electron chi connectivity index (χ3n) is 3.93. The number of para-hydroxylation sites is 2. The van der Waals surface area contributed by atoms with Crippen LogP contribution in [0, 0.1) is 20.8 Å². The number of amides is 1. The Kier molecular flexibility index (Phi) is 5.85. The van der Waals surface area contributed by atoms with Gasteiger partial charge < -0.3 is 14.8 Å². The maximum Gasteiger partial charge on any atom is 0.265 e. The zero-order valence-corrected chi connectivity index (χ0v) is 15.0. The van der Waals surface area contributed by atoms with E-state index in [4.69, 9.17) is 9.47 Å². The molecule has 1 atom stereocenters. The number of anilines is 1. The summed E-state index contributed by atoms with van der Waals surface area (Å²) in [7, 11) is 1.59. The molecule has 0 spiro atoms. The summed E-state index contributed by atoms with van der Waals surface area (Å²) in [6.45, 7) is 7.97. The fraction of sp³-hybridized carbons (Fsp3) is 0.350. The maximum absolute atomic E-state index is 12.7. The van der Waals surface area contributed by atoms with E-state index >= 15 is 0 Å². The number of carbonyl (C=O) groups is 1. The molecule has 128 valence electrons. The lowest BCUT2D eigenvalue weighted by atomic mass is 10.0. The summed E-state index contributed by atoms with van der Waals surface area (Å²) >= 11 is 0. The first-order valence-electron chi connectivity index (χ1n) is 8.14. The zero-order valence-electron chi connectivity index (χ0n) is 15.0. The van der Waals surface area contributed by atoms with Gasteiger partial charge in [-0.05, 0) is 50.5 Å². The van der Waals surface area contributed by atoms with Gasteiger partial charge in [-0.1, -0.05) is 36.8 Å². The first kappa shape index (κ1) is 17.9. The van der Waals surface area contributed by atoms with Crippen LogP contribution in [0.2, 0.25) is 0 Å². The molecule has 0 saturated carbocycles. The summed E-state index contributed by atoms with van der Waals surface area (Å²) in [6.07, 6.45) is -0.0187. The first-order valence-corrected chi connectivity index (χ1v) is 8.14. The molecule has 0 heterocycles. The van der Waals surface area contributed by atoms with Gasteiger partial charge in [-0.25, -0.2) is 0 Å². The number of benzene rings is 2. The Morgan fingerprint density at radius 1 is 1.08 bits per heavy atom. The van der Waals surface area contributed by atoms with Gasteiger partial charge in [0.1, 0.15) is 0 Å². The lowest BCUT2D eigenvalue weighted by Crippen LogP contribution is -2.33. The highest BCUT2D eigenvalue weighted by atomic mass is 16.5. The third kappa shape index (κ3) is 4.07. The normalized spacial score (nSPS) is 11.7. The number of aryl methyl sites for hydroxylation is 3. The van der Waals surface area contributed by atoms with Gasteiger partial charge in [0.25, 0.3) is 5.91 Å². The Balaban J connectivity index is 2.18. The molecule has 0 saturated heterocycles. The van der Waals surface area contributed by atoms with Crippen LogP contribution in [0.3, 0.4) is 0 Å². The highest BCUT2D eigenvalue weighted by Crippen LogP contribution is 2.28. The van der Waals surface area contributed by atoms with E-state index in [0.29, 0.717) is 17.9 Å². The Labute approximate surface area is 143 Å². The Morgan fingerprint density at radius 2 is 1.67 bits per heavy atom. The molecule has 2 rings (SSSR count). The van der Waals surface area contributed by atoms with E-state index in [1.54, 1.807) is 13.2 Å². The molecular weight excluding hydrogens is 302 g/mol. The lowest BCUT2D eigenvalue weighted by molar-refractivity contribution is -0.122. The molecule has 1 N–H and O–H groups in total. The molecule has 4 heteroatoms. The summed E-state index contributed by atoms with van der Waals surface area (Å²) in [6, 6.07) is 11.5. The molecule has 0 aliphatic heterocycles. The van der Waals surface area contributed by atoms with E-state index in [0.717, 1.165) is 16.8 Å². The third-order valence-corrected chi connectivity index (χ3v) is 3.93. The minimum Gasteiger partial charge on any atom is -0.493 e. The molecule has 2 aromatic rings. The quantitative estimate of drug-likeness (QED) is 0.854. The molecule has 2 aromatic carbocycles. The van der Waals surface area contributed by atoms with Crippen molar-refractivity contribution in [1.82, 2.24) is 0 Å². The second-order valence-electron chi connectivity index (χ2n) is 5.93.